The zero-order valence-electron chi connectivity index (χ0n) is 11.8. The van der Waals surface area contributed by atoms with E-state index in [0.29, 0.717) is 24.4 Å². The van der Waals surface area contributed by atoms with Crippen LogP contribution in [-0.2, 0) is 11.3 Å². The normalized spacial score (nSPS) is 19.6. The number of hydrazine groups is 1. The molecule has 1 aromatic carbocycles. The number of likely N-dealkylation sites (tertiary alicyclic amines) is 1. The summed E-state index contributed by atoms with van der Waals surface area (Å²) in [5.41, 5.74) is 3.65. The molecule has 1 saturated heterocycles. The van der Waals surface area contributed by atoms with Crippen LogP contribution < -0.4 is 11.3 Å². The molecular formula is C15H21N3O2. The molecule has 0 bridgehead atoms. The Balaban J connectivity index is 2.02. The highest BCUT2D eigenvalue weighted by molar-refractivity contribution is 5.93. The minimum absolute atomic E-state index is 0.220. The summed E-state index contributed by atoms with van der Waals surface area (Å²) in [6, 6.07) is 7.18. The molecule has 1 aliphatic rings. The summed E-state index contributed by atoms with van der Waals surface area (Å²) < 4.78 is 0. The van der Waals surface area contributed by atoms with Gasteiger partial charge in [0.15, 0.2) is 0 Å². The van der Waals surface area contributed by atoms with E-state index < -0.39 is 0 Å². The van der Waals surface area contributed by atoms with Gasteiger partial charge in [0.25, 0.3) is 5.91 Å². The van der Waals surface area contributed by atoms with Crippen LogP contribution in [0.2, 0.25) is 0 Å². The molecule has 5 nitrogen and oxygen atoms in total. The second-order valence-corrected chi connectivity index (χ2v) is 5.42. The van der Waals surface area contributed by atoms with Crippen LogP contribution in [0, 0.1) is 5.92 Å². The Morgan fingerprint density at radius 3 is 2.70 bits per heavy atom. The number of carbonyl (C=O) groups is 2. The van der Waals surface area contributed by atoms with Crippen molar-refractivity contribution >= 4 is 11.8 Å². The predicted octanol–water partition coefficient (Wildman–Crippen LogP) is 1.44. The Hall–Kier alpha value is -1.88. The summed E-state index contributed by atoms with van der Waals surface area (Å²) in [6.07, 6.45) is 2.67. The molecule has 1 aromatic rings. The molecule has 5 heteroatoms. The van der Waals surface area contributed by atoms with Crippen molar-refractivity contribution in [3.8, 4) is 0 Å². The monoisotopic (exact) mass is 275 g/mol. The molecule has 0 radical (unpaired) electrons. The Morgan fingerprint density at radius 1 is 1.35 bits per heavy atom. The fourth-order valence-corrected chi connectivity index (χ4v) is 2.41. The third kappa shape index (κ3) is 3.57. The van der Waals surface area contributed by atoms with Gasteiger partial charge < -0.3 is 4.90 Å². The van der Waals surface area contributed by atoms with Crippen LogP contribution in [0.1, 0.15) is 42.1 Å². The first-order chi connectivity index (χ1) is 9.60. The molecule has 2 rings (SSSR count). The quantitative estimate of drug-likeness (QED) is 0.498. The van der Waals surface area contributed by atoms with Gasteiger partial charge >= 0.3 is 0 Å². The van der Waals surface area contributed by atoms with Gasteiger partial charge in [-0.25, -0.2) is 5.84 Å². The number of nitrogens with two attached hydrogens (primary N) is 1. The molecule has 1 heterocycles. The van der Waals surface area contributed by atoms with Crippen molar-refractivity contribution in [3.63, 3.8) is 0 Å². The SMILES string of the molecule is CC1CCC(=O)N(Cc2ccc(C(=O)NN)cc2)CC1. The third-order valence-corrected chi connectivity index (χ3v) is 3.82. The summed E-state index contributed by atoms with van der Waals surface area (Å²) in [5, 5.41) is 0. The summed E-state index contributed by atoms with van der Waals surface area (Å²) in [6.45, 7) is 3.61. The average molecular weight is 275 g/mol. The lowest BCUT2D eigenvalue weighted by Crippen LogP contribution is -2.30. The van der Waals surface area contributed by atoms with Crippen LogP contribution in [0.5, 0.6) is 0 Å². The zero-order chi connectivity index (χ0) is 14.5. The van der Waals surface area contributed by atoms with E-state index in [1.807, 2.05) is 17.0 Å². The minimum atomic E-state index is -0.309. The second-order valence-electron chi connectivity index (χ2n) is 5.42. The summed E-state index contributed by atoms with van der Waals surface area (Å²) >= 11 is 0. The summed E-state index contributed by atoms with van der Waals surface area (Å²) in [5.74, 6) is 5.61. The number of nitrogens with zero attached hydrogens (tertiary/aromatic N) is 1. The molecule has 0 saturated carbocycles. The molecule has 1 unspecified atom stereocenters. The van der Waals surface area contributed by atoms with Crippen LogP contribution in [0.4, 0.5) is 0 Å². The molecule has 3 N–H and O–H groups in total. The van der Waals surface area contributed by atoms with Gasteiger partial charge in [-0.2, -0.15) is 0 Å². The van der Waals surface area contributed by atoms with E-state index >= 15 is 0 Å². The van der Waals surface area contributed by atoms with Crippen molar-refractivity contribution in [1.82, 2.24) is 10.3 Å². The van der Waals surface area contributed by atoms with Gasteiger partial charge in [-0.05, 0) is 36.5 Å². The fraction of sp³-hybridized carbons (Fsp3) is 0.467. The van der Waals surface area contributed by atoms with Crippen molar-refractivity contribution in [3.05, 3.63) is 35.4 Å². The standard InChI is InChI=1S/C15H21N3O2/c1-11-2-7-14(19)18(9-8-11)10-12-3-5-13(6-4-12)15(20)17-16/h3-6,11H,2,7-10,16H2,1H3,(H,17,20). The first-order valence-corrected chi connectivity index (χ1v) is 6.98. The average Bonchev–Trinajstić information content (AvgIpc) is 2.63. The van der Waals surface area contributed by atoms with E-state index in [9.17, 15) is 9.59 Å². The Labute approximate surface area is 119 Å². The van der Waals surface area contributed by atoms with E-state index in [4.69, 9.17) is 5.84 Å². The number of rotatable bonds is 3. The third-order valence-electron chi connectivity index (χ3n) is 3.82. The molecule has 2 amide bonds. The van der Waals surface area contributed by atoms with E-state index in [-0.39, 0.29) is 11.8 Å². The molecular weight excluding hydrogens is 254 g/mol. The largest absolute Gasteiger partial charge is 0.338 e. The molecule has 0 aliphatic carbocycles. The van der Waals surface area contributed by atoms with Crippen molar-refractivity contribution in [2.45, 2.75) is 32.7 Å². The van der Waals surface area contributed by atoms with Gasteiger partial charge in [0.05, 0.1) is 0 Å². The maximum atomic E-state index is 12.0. The Kier molecular flexibility index (Phi) is 4.74. The van der Waals surface area contributed by atoms with Crippen LogP contribution in [0.3, 0.4) is 0 Å². The highest BCUT2D eigenvalue weighted by Gasteiger charge is 2.20. The topological polar surface area (TPSA) is 75.4 Å². The second kappa shape index (κ2) is 6.52. The number of benzene rings is 1. The number of nitrogens with one attached hydrogen (secondary N) is 1. The van der Waals surface area contributed by atoms with E-state index in [2.05, 4.69) is 12.3 Å². The van der Waals surface area contributed by atoms with Gasteiger partial charge in [-0.15, -0.1) is 0 Å². The molecule has 1 atom stereocenters. The van der Waals surface area contributed by atoms with E-state index in [1.165, 1.54) is 0 Å². The molecule has 1 aliphatic heterocycles. The van der Waals surface area contributed by atoms with E-state index in [1.54, 1.807) is 12.1 Å². The van der Waals surface area contributed by atoms with Gasteiger partial charge in [-0.1, -0.05) is 19.1 Å². The summed E-state index contributed by atoms with van der Waals surface area (Å²) in [7, 11) is 0. The van der Waals surface area contributed by atoms with Crippen molar-refractivity contribution < 1.29 is 9.59 Å². The van der Waals surface area contributed by atoms with Gasteiger partial charge in [0.2, 0.25) is 5.91 Å². The van der Waals surface area contributed by atoms with Crippen LogP contribution in [0.15, 0.2) is 24.3 Å². The van der Waals surface area contributed by atoms with E-state index in [0.717, 1.165) is 24.9 Å². The number of carbonyl (C=O) groups excluding carboxylic acids is 2. The van der Waals surface area contributed by atoms with Crippen molar-refractivity contribution in [1.29, 1.82) is 0 Å². The molecule has 108 valence electrons. The lowest BCUT2D eigenvalue weighted by atomic mass is 10.0. The predicted molar refractivity (Wildman–Crippen MR) is 76.5 cm³/mol. The van der Waals surface area contributed by atoms with Gasteiger partial charge in [0, 0.05) is 25.1 Å². The number of amides is 2. The molecule has 0 spiro atoms. The molecule has 1 fully saturated rings. The molecule has 0 aromatic heterocycles. The maximum Gasteiger partial charge on any atom is 0.265 e. The highest BCUT2D eigenvalue weighted by atomic mass is 16.2. The number of nitrogen functional groups attached to an aromatic ring is 1. The first-order valence-electron chi connectivity index (χ1n) is 6.98. The number of hydrogen-bond acceptors (Lipinski definition) is 3. The smallest absolute Gasteiger partial charge is 0.265 e. The first kappa shape index (κ1) is 14.5. The number of hydrogen-bond donors (Lipinski definition) is 2. The van der Waals surface area contributed by atoms with Crippen LogP contribution in [0.25, 0.3) is 0 Å². The summed E-state index contributed by atoms with van der Waals surface area (Å²) in [4.78, 5) is 25.3. The van der Waals surface area contributed by atoms with Crippen molar-refractivity contribution in [2.24, 2.45) is 11.8 Å². The van der Waals surface area contributed by atoms with Crippen molar-refractivity contribution in [2.75, 3.05) is 6.54 Å². The maximum absolute atomic E-state index is 12.0. The lowest BCUT2D eigenvalue weighted by Gasteiger charge is -2.20. The van der Waals surface area contributed by atoms with Crippen LogP contribution in [-0.4, -0.2) is 23.3 Å². The zero-order valence-corrected chi connectivity index (χ0v) is 11.8. The van der Waals surface area contributed by atoms with Gasteiger partial charge in [-0.3, -0.25) is 15.0 Å². The minimum Gasteiger partial charge on any atom is -0.338 e. The Bertz CT molecular complexity index is 484. The lowest BCUT2D eigenvalue weighted by molar-refractivity contribution is -0.131. The highest BCUT2D eigenvalue weighted by Crippen LogP contribution is 2.19. The molecule has 20 heavy (non-hydrogen) atoms. The Morgan fingerprint density at radius 2 is 2.05 bits per heavy atom. The van der Waals surface area contributed by atoms with Crippen LogP contribution >= 0.6 is 0 Å². The van der Waals surface area contributed by atoms with Gasteiger partial charge in [0.1, 0.15) is 0 Å². The fourth-order valence-electron chi connectivity index (χ4n) is 2.41.